The van der Waals surface area contributed by atoms with Crippen molar-refractivity contribution >= 4 is 43.6 Å². The van der Waals surface area contributed by atoms with Crippen molar-refractivity contribution in [1.82, 2.24) is 9.13 Å². The smallest absolute Gasteiger partial charge is 0.309 e. The van der Waals surface area contributed by atoms with E-state index in [4.69, 9.17) is 0 Å². The molecule has 0 spiro atoms. The molecule has 0 bridgehead atoms. The number of para-hydroxylation sites is 2. The van der Waals surface area contributed by atoms with Crippen molar-refractivity contribution < 1.29 is 13.2 Å². The Labute approximate surface area is 337 Å². The van der Waals surface area contributed by atoms with Crippen LogP contribution in [0.5, 0.6) is 0 Å². The first-order chi connectivity index (χ1) is 28.7. The molecule has 0 unspecified atom stereocenters. The van der Waals surface area contributed by atoms with E-state index in [-0.39, 0.29) is 0 Å². The number of fused-ring (bicyclic) bond motifs is 6. The minimum absolute atomic E-state index is 0.414. The van der Waals surface area contributed by atoms with Crippen LogP contribution < -0.4 is 0 Å². The molecule has 280 valence electrons. The number of aromatic nitrogens is 2. The van der Waals surface area contributed by atoms with Crippen LogP contribution in [0.4, 0.5) is 13.2 Å². The molecule has 0 atom stereocenters. The Morgan fingerprint density at radius 2 is 0.831 bits per heavy atom. The monoisotopic (exact) mass is 768 g/mol. The molecular weight excluding hydrogens is 738 g/mol. The van der Waals surface area contributed by atoms with Crippen molar-refractivity contribution in [3.63, 3.8) is 0 Å². The molecule has 59 heavy (non-hydrogen) atoms. The standard InChI is InChI=1S/C52H31F3N4/c1-32-10-12-33(13-11-32)35-18-24-44-42-6-2-4-8-48(42)58(50(44)26-35)40-22-16-37(30-56)46(28-40)47-29-41(23-17-38(47)31-57)59-49-9-5-3-7-43(49)45-25-19-36(27-51(45)59)34-14-20-39(21-15-34)52(53,54)55/h2-29H,1H3. The normalized spacial score (nSPS) is 11.7. The fraction of sp³-hybridized carbons (Fsp3) is 0.0385. The van der Waals surface area contributed by atoms with E-state index in [1.807, 2.05) is 84.9 Å². The number of halogens is 3. The van der Waals surface area contributed by atoms with Crippen LogP contribution >= 0.6 is 0 Å². The summed E-state index contributed by atoms with van der Waals surface area (Å²) in [5.74, 6) is 0. The van der Waals surface area contributed by atoms with Gasteiger partial charge in [-0.15, -0.1) is 0 Å². The second-order valence-electron chi connectivity index (χ2n) is 14.8. The summed E-state index contributed by atoms with van der Waals surface area (Å²) in [6.07, 6.45) is -4.43. The molecule has 2 aromatic heterocycles. The van der Waals surface area contributed by atoms with Crippen molar-refractivity contribution in [2.45, 2.75) is 13.1 Å². The van der Waals surface area contributed by atoms with E-state index < -0.39 is 11.7 Å². The van der Waals surface area contributed by atoms with Crippen molar-refractivity contribution in [3.05, 3.63) is 192 Å². The summed E-state index contributed by atoms with van der Waals surface area (Å²) in [7, 11) is 0. The van der Waals surface area contributed by atoms with Gasteiger partial charge in [0.05, 0.1) is 50.9 Å². The van der Waals surface area contributed by atoms with Crippen LogP contribution in [0.25, 0.3) is 88.4 Å². The van der Waals surface area contributed by atoms with E-state index in [0.29, 0.717) is 27.8 Å². The largest absolute Gasteiger partial charge is 0.416 e. The summed E-state index contributed by atoms with van der Waals surface area (Å²) in [4.78, 5) is 0. The van der Waals surface area contributed by atoms with E-state index in [1.165, 1.54) is 17.7 Å². The minimum atomic E-state index is -4.43. The first kappa shape index (κ1) is 35.5. The van der Waals surface area contributed by atoms with Gasteiger partial charge in [-0.2, -0.15) is 23.7 Å². The molecule has 0 saturated carbocycles. The van der Waals surface area contributed by atoms with Crippen LogP contribution in [0, 0.1) is 29.6 Å². The van der Waals surface area contributed by atoms with Gasteiger partial charge in [0.1, 0.15) is 0 Å². The lowest BCUT2D eigenvalue weighted by atomic mass is 9.95. The maximum atomic E-state index is 13.4. The molecule has 10 rings (SSSR count). The Kier molecular flexibility index (Phi) is 8.23. The highest BCUT2D eigenvalue weighted by molar-refractivity contribution is 6.11. The molecule has 0 aliphatic carbocycles. The van der Waals surface area contributed by atoms with Crippen molar-refractivity contribution in [3.8, 4) is 56.9 Å². The third-order valence-electron chi connectivity index (χ3n) is 11.3. The fourth-order valence-corrected chi connectivity index (χ4v) is 8.44. The second-order valence-corrected chi connectivity index (χ2v) is 14.8. The van der Waals surface area contributed by atoms with Crippen LogP contribution in [-0.4, -0.2) is 9.13 Å². The van der Waals surface area contributed by atoms with Gasteiger partial charge in [0.25, 0.3) is 0 Å². The quantitative estimate of drug-likeness (QED) is 0.175. The van der Waals surface area contributed by atoms with E-state index >= 15 is 0 Å². The molecule has 0 saturated heterocycles. The molecule has 0 N–H and O–H groups in total. The van der Waals surface area contributed by atoms with E-state index in [1.54, 1.807) is 6.07 Å². The second kappa shape index (κ2) is 13.7. The molecule has 4 nitrogen and oxygen atoms in total. The number of aryl methyl sites for hydroxylation is 1. The SMILES string of the molecule is Cc1ccc(-c2ccc3c4ccccc4n(-c4ccc(C#N)c(-c5cc(-n6c7ccccc7c7ccc(-c8ccc(C(F)(F)F)cc8)cc76)ccc5C#N)c4)c3c2)cc1. The van der Waals surface area contributed by atoms with Gasteiger partial charge < -0.3 is 9.13 Å². The molecule has 0 radical (unpaired) electrons. The average Bonchev–Trinajstić information content (AvgIpc) is 3.78. The molecular formula is C52H31F3N4. The maximum Gasteiger partial charge on any atom is 0.416 e. The van der Waals surface area contributed by atoms with E-state index in [0.717, 1.165) is 83.8 Å². The summed E-state index contributed by atoms with van der Waals surface area (Å²) in [6.45, 7) is 2.08. The Balaban J connectivity index is 1.17. The van der Waals surface area contributed by atoms with Gasteiger partial charge in [0.2, 0.25) is 0 Å². The summed E-state index contributed by atoms with van der Waals surface area (Å²) in [5.41, 5.74) is 11.6. The van der Waals surface area contributed by atoms with Crippen LogP contribution in [0.1, 0.15) is 22.3 Å². The first-order valence-corrected chi connectivity index (χ1v) is 19.1. The highest BCUT2D eigenvalue weighted by Gasteiger charge is 2.30. The number of benzene rings is 8. The van der Waals surface area contributed by atoms with E-state index in [2.05, 4.69) is 82.8 Å². The molecule has 0 fully saturated rings. The number of nitriles is 2. The maximum absolute atomic E-state index is 13.4. The number of hydrogen-bond acceptors (Lipinski definition) is 2. The lowest BCUT2D eigenvalue weighted by Crippen LogP contribution is -2.03. The van der Waals surface area contributed by atoms with Gasteiger partial charge in [-0.3, -0.25) is 0 Å². The molecule has 8 aromatic carbocycles. The van der Waals surface area contributed by atoms with Crippen molar-refractivity contribution in [1.29, 1.82) is 10.5 Å². The number of rotatable bonds is 5. The highest BCUT2D eigenvalue weighted by atomic mass is 19.4. The van der Waals surface area contributed by atoms with Gasteiger partial charge in [-0.1, -0.05) is 103 Å². The van der Waals surface area contributed by atoms with Crippen LogP contribution in [0.15, 0.2) is 170 Å². The molecule has 7 heteroatoms. The molecule has 10 aromatic rings. The van der Waals surface area contributed by atoms with Gasteiger partial charge in [0, 0.05) is 44.0 Å². The molecule has 2 heterocycles. The average molecular weight is 769 g/mol. The minimum Gasteiger partial charge on any atom is -0.309 e. The van der Waals surface area contributed by atoms with Crippen LogP contribution in [0.3, 0.4) is 0 Å². The van der Waals surface area contributed by atoms with Crippen molar-refractivity contribution in [2.24, 2.45) is 0 Å². The molecule has 0 aliphatic rings. The van der Waals surface area contributed by atoms with Crippen LogP contribution in [0.2, 0.25) is 0 Å². The van der Waals surface area contributed by atoms with Gasteiger partial charge in [-0.25, -0.2) is 0 Å². The Bertz CT molecular complexity index is 3390. The van der Waals surface area contributed by atoms with Crippen LogP contribution in [-0.2, 0) is 6.18 Å². The summed E-state index contributed by atoms with van der Waals surface area (Å²) in [6, 6.07) is 58.6. The number of hydrogen-bond donors (Lipinski definition) is 0. The van der Waals surface area contributed by atoms with E-state index in [9.17, 15) is 23.7 Å². The summed E-state index contributed by atoms with van der Waals surface area (Å²) < 4.78 is 44.5. The highest BCUT2D eigenvalue weighted by Crippen LogP contribution is 2.40. The molecule has 0 aliphatic heterocycles. The molecule has 0 amide bonds. The zero-order valence-corrected chi connectivity index (χ0v) is 31.6. The van der Waals surface area contributed by atoms with Gasteiger partial charge in [-0.05, 0) is 102 Å². The lowest BCUT2D eigenvalue weighted by Gasteiger charge is -2.15. The Morgan fingerprint density at radius 3 is 1.27 bits per heavy atom. The Hall–Kier alpha value is -7.87. The predicted molar refractivity (Wildman–Crippen MR) is 231 cm³/mol. The topological polar surface area (TPSA) is 57.4 Å². The zero-order valence-electron chi connectivity index (χ0n) is 31.6. The fourth-order valence-electron chi connectivity index (χ4n) is 8.44. The summed E-state index contributed by atoms with van der Waals surface area (Å²) in [5, 5.41) is 25.2. The third kappa shape index (κ3) is 5.91. The summed E-state index contributed by atoms with van der Waals surface area (Å²) >= 11 is 0. The van der Waals surface area contributed by atoms with Crippen molar-refractivity contribution in [2.75, 3.05) is 0 Å². The third-order valence-corrected chi connectivity index (χ3v) is 11.3. The number of nitrogens with zero attached hydrogens (tertiary/aromatic N) is 4. The Morgan fingerprint density at radius 1 is 0.424 bits per heavy atom. The predicted octanol–water partition coefficient (Wildman–Crippen LogP) is 14.0. The van der Waals surface area contributed by atoms with Gasteiger partial charge >= 0.3 is 6.18 Å². The number of alkyl halides is 3. The van der Waals surface area contributed by atoms with Gasteiger partial charge in [0.15, 0.2) is 0 Å². The first-order valence-electron chi connectivity index (χ1n) is 19.1. The lowest BCUT2D eigenvalue weighted by molar-refractivity contribution is -0.137. The zero-order chi connectivity index (χ0) is 40.4.